The minimum absolute atomic E-state index is 0.104. The number of pyridine rings is 1. The number of nitriles is 1. The van der Waals surface area contributed by atoms with Crippen LogP contribution in [0.25, 0.3) is 11.1 Å². The van der Waals surface area contributed by atoms with E-state index < -0.39 is 0 Å². The summed E-state index contributed by atoms with van der Waals surface area (Å²) in [5.74, 6) is 0.624. The highest BCUT2D eigenvalue weighted by molar-refractivity contribution is 5.71. The highest BCUT2D eigenvalue weighted by atomic mass is 16.5. The fourth-order valence-electron chi connectivity index (χ4n) is 1.71. The lowest BCUT2D eigenvalue weighted by Crippen LogP contribution is -2.14. The molecule has 1 heterocycles. The maximum atomic E-state index is 11.6. The smallest absolute Gasteiger partial charge is 0.250 e. The molecule has 0 aliphatic carbocycles. The van der Waals surface area contributed by atoms with E-state index in [-0.39, 0.29) is 5.56 Å². The van der Waals surface area contributed by atoms with Crippen LogP contribution in [0.2, 0.25) is 0 Å². The Hall–Kier alpha value is -2.54. The quantitative estimate of drug-likeness (QED) is 0.806. The second kappa shape index (κ2) is 4.76. The van der Waals surface area contributed by atoms with Gasteiger partial charge >= 0.3 is 0 Å². The van der Waals surface area contributed by atoms with Crippen LogP contribution in [0.15, 0.2) is 41.3 Å². The van der Waals surface area contributed by atoms with E-state index in [4.69, 9.17) is 10.00 Å². The first-order valence-corrected chi connectivity index (χ1v) is 5.41. The van der Waals surface area contributed by atoms with Gasteiger partial charge in [0.05, 0.1) is 18.7 Å². The maximum Gasteiger partial charge on any atom is 0.250 e. The molecule has 0 fully saturated rings. The number of aromatic nitrogens is 1. The number of nitrogens with zero attached hydrogens (tertiary/aromatic N) is 2. The van der Waals surface area contributed by atoms with Crippen molar-refractivity contribution in [3.05, 3.63) is 52.4 Å². The maximum absolute atomic E-state index is 11.6. The lowest BCUT2D eigenvalue weighted by Gasteiger charge is -2.07. The summed E-state index contributed by atoms with van der Waals surface area (Å²) in [7, 11) is 3.24. The molecule has 0 aliphatic heterocycles. The highest BCUT2D eigenvalue weighted by Crippen LogP contribution is 2.25. The molecular weight excluding hydrogens is 228 g/mol. The number of hydrogen-bond donors (Lipinski definition) is 0. The van der Waals surface area contributed by atoms with E-state index in [1.807, 2.05) is 6.07 Å². The Morgan fingerprint density at radius 2 is 2.06 bits per heavy atom. The van der Waals surface area contributed by atoms with Gasteiger partial charge in [-0.1, -0.05) is 0 Å². The zero-order chi connectivity index (χ0) is 13.1. The predicted molar refractivity (Wildman–Crippen MR) is 68.4 cm³/mol. The molecule has 1 aromatic heterocycles. The van der Waals surface area contributed by atoms with Gasteiger partial charge in [-0.05, 0) is 35.4 Å². The summed E-state index contributed by atoms with van der Waals surface area (Å²) in [6.45, 7) is 0. The summed E-state index contributed by atoms with van der Waals surface area (Å²) in [6.07, 6.45) is 1.68. The molecule has 0 radical (unpaired) electrons. The van der Waals surface area contributed by atoms with Crippen LogP contribution in [-0.2, 0) is 7.05 Å². The van der Waals surface area contributed by atoms with Crippen LogP contribution >= 0.6 is 0 Å². The summed E-state index contributed by atoms with van der Waals surface area (Å²) in [6, 6.07) is 10.7. The normalized spacial score (nSPS) is 9.83. The van der Waals surface area contributed by atoms with E-state index in [9.17, 15) is 4.79 Å². The number of aryl methyl sites for hydroxylation is 1. The SMILES string of the molecule is COc1ccc(-c2ccn(C)c(=O)c2)c(C#N)c1. The van der Waals surface area contributed by atoms with E-state index in [0.29, 0.717) is 11.3 Å². The summed E-state index contributed by atoms with van der Waals surface area (Å²) in [5.41, 5.74) is 1.85. The molecule has 18 heavy (non-hydrogen) atoms. The van der Waals surface area contributed by atoms with Gasteiger partial charge < -0.3 is 9.30 Å². The number of hydrogen-bond acceptors (Lipinski definition) is 3. The van der Waals surface area contributed by atoms with Crippen LogP contribution in [0.1, 0.15) is 5.56 Å². The van der Waals surface area contributed by atoms with Gasteiger partial charge in [-0.3, -0.25) is 4.79 Å². The Morgan fingerprint density at radius 3 is 2.67 bits per heavy atom. The lowest BCUT2D eigenvalue weighted by atomic mass is 10.0. The topological polar surface area (TPSA) is 55.0 Å². The Morgan fingerprint density at radius 1 is 1.28 bits per heavy atom. The molecule has 0 aliphatic rings. The largest absolute Gasteiger partial charge is 0.497 e. The van der Waals surface area contributed by atoms with Crippen LogP contribution in [0.5, 0.6) is 5.75 Å². The summed E-state index contributed by atoms with van der Waals surface area (Å²) >= 11 is 0. The van der Waals surface area contributed by atoms with Gasteiger partial charge in [0.1, 0.15) is 5.75 Å². The molecule has 0 saturated carbocycles. The van der Waals surface area contributed by atoms with E-state index >= 15 is 0 Å². The van der Waals surface area contributed by atoms with Crippen molar-refractivity contribution >= 4 is 0 Å². The molecule has 4 nitrogen and oxygen atoms in total. The van der Waals surface area contributed by atoms with Gasteiger partial charge in [-0.25, -0.2) is 0 Å². The zero-order valence-corrected chi connectivity index (χ0v) is 10.2. The molecule has 0 amide bonds. The van der Waals surface area contributed by atoms with Gasteiger partial charge in [-0.2, -0.15) is 5.26 Å². The van der Waals surface area contributed by atoms with Gasteiger partial charge in [-0.15, -0.1) is 0 Å². The predicted octanol–water partition coefficient (Wildman–Crippen LogP) is 1.93. The molecule has 1 aromatic carbocycles. The number of ether oxygens (including phenoxy) is 1. The van der Waals surface area contributed by atoms with E-state index in [2.05, 4.69) is 6.07 Å². The number of methoxy groups -OCH3 is 1. The third-order valence-corrected chi connectivity index (χ3v) is 2.76. The highest BCUT2D eigenvalue weighted by Gasteiger charge is 2.07. The Kier molecular flexibility index (Phi) is 3.16. The van der Waals surface area contributed by atoms with Crippen molar-refractivity contribution in [1.82, 2.24) is 4.57 Å². The lowest BCUT2D eigenvalue weighted by molar-refractivity contribution is 0.414. The zero-order valence-electron chi connectivity index (χ0n) is 10.2. The molecule has 0 N–H and O–H groups in total. The summed E-state index contributed by atoms with van der Waals surface area (Å²) in [5, 5.41) is 9.13. The van der Waals surface area contributed by atoms with Crippen LogP contribution in [0.3, 0.4) is 0 Å². The Balaban J connectivity index is 2.60. The molecule has 0 atom stereocenters. The molecule has 2 rings (SSSR count). The number of rotatable bonds is 2. The molecule has 4 heteroatoms. The molecule has 0 unspecified atom stereocenters. The van der Waals surface area contributed by atoms with Crippen molar-refractivity contribution in [3.8, 4) is 22.9 Å². The van der Waals surface area contributed by atoms with Crippen molar-refractivity contribution in [2.75, 3.05) is 7.11 Å². The molecule has 0 bridgehead atoms. The van der Waals surface area contributed by atoms with Crippen molar-refractivity contribution in [2.24, 2.45) is 7.05 Å². The van der Waals surface area contributed by atoms with Gasteiger partial charge in [0.25, 0.3) is 5.56 Å². The van der Waals surface area contributed by atoms with E-state index in [1.54, 1.807) is 38.6 Å². The van der Waals surface area contributed by atoms with Crippen LogP contribution in [0.4, 0.5) is 0 Å². The standard InChI is InChI=1S/C14H12N2O2/c1-16-6-5-10(8-14(16)17)13-4-3-12(18-2)7-11(13)9-15/h3-8H,1-2H3. The molecule has 0 spiro atoms. The first-order valence-electron chi connectivity index (χ1n) is 5.41. The molecule has 0 saturated heterocycles. The molecule has 90 valence electrons. The van der Waals surface area contributed by atoms with E-state index in [0.717, 1.165) is 11.1 Å². The monoisotopic (exact) mass is 240 g/mol. The summed E-state index contributed by atoms with van der Waals surface area (Å²) < 4.78 is 6.56. The van der Waals surface area contributed by atoms with Crippen LogP contribution in [0, 0.1) is 11.3 Å². The fraction of sp³-hybridized carbons (Fsp3) is 0.143. The molecular formula is C14H12N2O2. The first-order chi connectivity index (χ1) is 8.65. The van der Waals surface area contributed by atoms with Crippen molar-refractivity contribution < 1.29 is 4.74 Å². The second-order valence-corrected chi connectivity index (χ2v) is 3.89. The van der Waals surface area contributed by atoms with Crippen molar-refractivity contribution in [3.63, 3.8) is 0 Å². The van der Waals surface area contributed by atoms with E-state index in [1.165, 1.54) is 10.6 Å². The van der Waals surface area contributed by atoms with Crippen molar-refractivity contribution in [2.45, 2.75) is 0 Å². The second-order valence-electron chi connectivity index (χ2n) is 3.89. The average molecular weight is 240 g/mol. The van der Waals surface area contributed by atoms with Crippen molar-refractivity contribution in [1.29, 1.82) is 5.26 Å². The van der Waals surface area contributed by atoms with Gasteiger partial charge in [0.15, 0.2) is 0 Å². The van der Waals surface area contributed by atoms with Crippen LogP contribution < -0.4 is 10.3 Å². The Bertz CT molecular complexity index is 681. The van der Waals surface area contributed by atoms with Gasteiger partial charge in [0, 0.05) is 19.3 Å². The molecule has 2 aromatic rings. The number of benzene rings is 1. The fourth-order valence-corrected chi connectivity index (χ4v) is 1.71. The van der Waals surface area contributed by atoms with Gasteiger partial charge in [0.2, 0.25) is 0 Å². The first kappa shape index (κ1) is 11.9. The third kappa shape index (κ3) is 2.11. The van der Waals surface area contributed by atoms with Crippen LogP contribution in [-0.4, -0.2) is 11.7 Å². The minimum Gasteiger partial charge on any atom is -0.497 e. The minimum atomic E-state index is -0.104. The third-order valence-electron chi connectivity index (χ3n) is 2.76. The Labute approximate surface area is 105 Å². The summed E-state index contributed by atoms with van der Waals surface area (Å²) in [4.78, 5) is 11.6. The average Bonchev–Trinajstić information content (AvgIpc) is 2.41.